The van der Waals surface area contributed by atoms with Gasteiger partial charge in [-0.25, -0.2) is 13.1 Å². The van der Waals surface area contributed by atoms with E-state index in [2.05, 4.69) is 9.62 Å². The Hall–Kier alpha value is -1.31. The van der Waals surface area contributed by atoms with Crippen molar-refractivity contribution in [3.05, 3.63) is 18.2 Å². The van der Waals surface area contributed by atoms with Gasteiger partial charge in [-0.15, -0.1) is 0 Å². The summed E-state index contributed by atoms with van der Waals surface area (Å²) in [4.78, 5) is 2.41. The summed E-state index contributed by atoms with van der Waals surface area (Å²) in [5.74, 6) is 1.02. The van der Waals surface area contributed by atoms with Crippen molar-refractivity contribution in [2.45, 2.75) is 37.6 Å². The number of rotatable bonds is 7. The van der Waals surface area contributed by atoms with E-state index in [1.165, 1.54) is 6.07 Å². The van der Waals surface area contributed by atoms with Crippen molar-refractivity contribution in [3.8, 4) is 11.5 Å². The van der Waals surface area contributed by atoms with Crippen LogP contribution in [-0.4, -0.2) is 52.7 Å². The average molecular weight is 342 g/mol. The predicted molar refractivity (Wildman–Crippen MR) is 89.6 cm³/mol. The summed E-state index contributed by atoms with van der Waals surface area (Å²) in [5, 5.41) is 0. The number of nitrogens with one attached hydrogen (secondary N) is 1. The Morgan fingerprint density at radius 2 is 1.74 bits per heavy atom. The second kappa shape index (κ2) is 7.99. The van der Waals surface area contributed by atoms with Gasteiger partial charge in [0.1, 0.15) is 0 Å². The van der Waals surface area contributed by atoms with Crippen LogP contribution in [0.1, 0.15) is 26.7 Å². The maximum atomic E-state index is 12.6. The predicted octanol–water partition coefficient (Wildman–Crippen LogP) is 1.86. The van der Waals surface area contributed by atoms with Crippen molar-refractivity contribution in [3.63, 3.8) is 0 Å². The van der Waals surface area contributed by atoms with Crippen molar-refractivity contribution in [2.75, 3.05) is 33.4 Å². The van der Waals surface area contributed by atoms with Crippen molar-refractivity contribution in [2.24, 2.45) is 0 Å². The number of hydrogen-bond donors (Lipinski definition) is 1. The van der Waals surface area contributed by atoms with Crippen molar-refractivity contribution >= 4 is 10.0 Å². The number of benzene rings is 1. The quantitative estimate of drug-likeness (QED) is 0.819. The SMILES string of the molecule is CCOc1ccc(S(=O)(=O)NC2CCN(C)CC2)cc1OCC. The molecule has 1 fully saturated rings. The van der Waals surface area contributed by atoms with Gasteiger partial charge in [-0.3, -0.25) is 0 Å². The van der Waals surface area contributed by atoms with Gasteiger partial charge in [0.2, 0.25) is 10.0 Å². The zero-order chi connectivity index (χ0) is 16.9. The first kappa shape index (κ1) is 18.0. The lowest BCUT2D eigenvalue weighted by atomic mass is 10.1. The molecule has 0 atom stereocenters. The first-order valence-corrected chi connectivity index (χ1v) is 9.55. The highest BCUT2D eigenvalue weighted by Gasteiger charge is 2.24. The Morgan fingerprint density at radius 1 is 1.13 bits per heavy atom. The molecule has 0 amide bonds. The summed E-state index contributed by atoms with van der Waals surface area (Å²) in [6.07, 6.45) is 1.65. The highest BCUT2D eigenvalue weighted by atomic mass is 32.2. The molecule has 1 aliphatic rings. The summed E-state index contributed by atoms with van der Waals surface area (Å²) < 4.78 is 39.0. The molecule has 0 aromatic heterocycles. The minimum Gasteiger partial charge on any atom is -0.490 e. The lowest BCUT2D eigenvalue weighted by Crippen LogP contribution is -2.43. The molecule has 0 bridgehead atoms. The second-order valence-corrected chi connectivity index (χ2v) is 7.39. The Morgan fingerprint density at radius 3 is 2.35 bits per heavy atom. The van der Waals surface area contributed by atoms with E-state index in [4.69, 9.17) is 9.47 Å². The minimum absolute atomic E-state index is 0.0155. The van der Waals surface area contributed by atoms with Crippen LogP contribution in [0.2, 0.25) is 0 Å². The van der Waals surface area contributed by atoms with E-state index in [9.17, 15) is 8.42 Å². The molecule has 1 heterocycles. The number of piperidine rings is 1. The van der Waals surface area contributed by atoms with Crippen LogP contribution in [-0.2, 0) is 10.0 Å². The highest BCUT2D eigenvalue weighted by molar-refractivity contribution is 7.89. The van der Waals surface area contributed by atoms with Crippen LogP contribution in [0.15, 0.2) is 23.1 Å². The normalized spacial score (nSPS) is 17.2. The maximum Gasteiger partial charge on any atom is 0.240 e. The Labute approximate surface area is 138 Å². The van der Waals surface area contributed by atoms with Gasteiger partial charge in [-0.1, -0.05) is 0 Å². The van der Waals surface area contributed by atoms with E-state index in [1.54, 1.807) is 12.1 Å². The number of ether oxygens (including phenoxy) is 2. The average Bonchev–Trinajstić information content (AvgIpc) is 2.51. The van der Waals surface area contributed by atoms with Crippen LogP contribution in [0.4, 0.5) is 0 Å². The van der Waals surface area contributed by atoms with Crippen molar-refractivity contribution in [1.29, 1.82) is 0 Å². The van der Waals surface area contributed by atoms with Gasteiger partial charge in [-0.05, 0) is 59.0 Å². The first-order chi connectivity index (χ1) is 11.0. The lowest BCUT2D eigenvalue weighted by molar-refractivity contribution is 0.248. The van der Waals surface area contributed by atoms with Crippen LogP contribution in [0.3, 0.4) is 0 Å². The third kappa shape index (κ3) is 4.83. The summed E-state index contributed by atoms with van der Waals surface area (Å²) >= 11 is 0. The van der Waals surface area contributed by atoms with Crippen LogP contribution in [0, 0.1) is 0 Å². The molecule has 1 aliphatic heterocycles. The lowest BCUT2D eigenvalue weighted by Gasteiger charge is -2.29. The smallest absolute Gasteiger partial charge is 0.240 e. The topological polar surface area (TPSA) is 67.9 Å². The molecular weight excluding hydrogens is 316 g/mol. The molecule has 0 unspecified atom stereocenters. The number of likely N-dealkylation sites (tertiary alicyclic amines) is 1. The molecule has 1 N–H and O–H groups in total. The van der Waals surface area contributed by atoms with Gasteiger partial charge in [0.15, 0.2) is 11.5 Å². The van der Waals surface area contributed by atoms with Crippen molar-refractivity contribution in [1.82, 2.24) is 9.62 Å². The molecule has 6 nitrogen and oxygen atoms in total. The van der Waals surface area contributed by atoms with E-state index in [0.29, 0.717) is 24.7 Å². The van der Waals surface area contributed by atoms with Gasteiger partial charge < -0.3 is 14.4 Å². The molecule has 0 saturated carbocycles. The van der Waals surface area contributed by atoms with Crippen molar-refractivity contribution < 1.29 is 17.9 Å². The Balaban J connectivity index is 2.16. The molecule has 7 heteroatoms. The minimum atomic E-state index is -3.55. The first-order valence-electron chi connectivity index (χ1n) is 8.06. The van der Waals surface area contributed by atoms with Gasteiger partial charge in [-0.2, -0.15) is 0 Å². The Kier molecular flexibility index (Phi) is 6.26. The summed E-state index contributed by atoms with van der Waals surface area (Å²) in [7, 11) is -1.51. The highest BCUT2D eigenvalue weighted by Crippen LogP contribution is 2.30. The fraction of sp³-hybridized carbons (Fsp3) is 0.625. The van der Waals surface area contributed by atoms with Crippen LogP contribution in [0.5, 0.6) is 11.5 Å². The zero-order valence-electron chi connectivity index (χ0n) is 14.0. The van der Waals surface area contributed by atoms with E-state index in [-0.39, 0.29) is 10.9 Å². The fourth-order valence-electron chi connectivity index (χ4n) is 2.61. The maximum absolute atomic E-state index is 12.6. The zero-order valence-corrected chi connectivity index (χ0v) is 14.9. The molecule has 130 valence electrons. The van der Waals surface area contributed by atoms with E-state index >= 15 is 0 Å². The summed E-state index contributed by atoms with van der Waals surface area (Å²) in [6, 6.07) is 4.73. The monoisotopic (exact) mass is 342 g/mol. The van der Waals surface area contributed by atoms with E-state index < -0.39 is 10.0 Å². The third-order valence-electron chi connectivity index (χ3n) is 3.87. The Bertz CT molecular complexity index is 611. The molecular formula is C16H26N2O4S. The third-order valence-corrected chi connectivity index (χ3v) is 5.38. The molecule has 0 spiro atoms. The van der Waals surface area contributed by atoms with Gasteiger partial charge in [0.05, 0.1) is 18.1 Å². The molecule has 0 aliphatic carbocycles. The number of sulfonamides is 1. The number of hydrogen-bond acceptors (Lipinski definition) is 5. The number of nitrogens with zero attached hydrogens (tertiary/aromatic N) is 1. The fourth-order valence-corrected chi connectivity index (χ4v) is 3.93. The van der Waals surface area contributed by atoms with E-state index in [1.807, 2.05) is 20.9 Å². The molecule has 2 rings (SSSR count). The molecule has 1 aromatic carbocycles. The molecule has 1 aromatic rings. The molecule has 23 heavy (non-hydrogen) atoms. The standard InChI is InChI=1S/C16H26N2O4S/c1-4-21-15-7-6-14(12-16(15)22-5-2)23(19,20)17-13-8-10-18(3)11-9-13/h6-7,12-13,17H,4-5,8-11H2,1-3H3. The largest absolute Gasteiger partial charge is 0.490 e. The summed E-state index contributed by atoms with van der Waals surface area (Å²) in [6.45, 7) is 6.49. The second-order valence-electron chi connectivity index (χ2n) is 5.67. The van der Waals surface area contributed by atoms with Gasteiger partial charge in [0.25, 0.3) is 0 Å². The summed E-state index contributed by atoms with van der Waals surface area (Å²) in [5.41, 5.74) is 0. The molecule has 0 radical (unpaired) electrons. The van der Waals surface area contributed by atoms with E-state index in [0.717, 1.165) is 25.9 Å². The molecule has 1 saturated heterocycles. The van der Waals surface area contributed by atoms with Crippen LogP contribution >= 0.6 is 0 Å². The van der Waals surface area contributed by atoms with Gasteiger partial charge in [0, 0.05) is 12.1 Å². The van der Waals surface area contributed by atoms with Crippen LogP contribution < -0.4 is 14.2 Å². The van der Waals surface area contributed by atoms with Crippen LogP contribution in [0.25, 0.3) is 0 Å². The van der Waals surface area contributed by atoms with Gasteiger partial charge >= 0.3 is 0 Å².